The molecule has 0 saturated carbocycles. The molecule has 18 heavy (non-hydrogen) atoms. The van der Waals surface area contributed by atoms with Gasteiger partial charge in [-0.25, -0.2) is 9.38 Å². The molecule has 5 nitrogen and oxygen atoms in total. The molecule has 0 saturated heterocycles. The summed E-state index contributed by atoms with van der Waals surface area (Å²) in [4.78, 5) is 4.07. The summed E-state index contributed by atoms with van der Waals surface area (Å²) in [5.41, 5.74) is 6.29. The second kappa shape index (κ2) is 6.80. The van der Waals surface area contributed by atoms with Crippen LogP contribution in [0.1, 0.15) is 12.5 Å². The van der Waals surface area contributed by atoms with Crippen LogP contribution >= 0.6 is 0 Å². The van der Waals surface area contributed by atoms with Gasteiger partial charge in [0, 0.05) is 13.2 Å². The Labute approximate surface area is 105 Å². The number of nitrogens with two attached hydrogens (primary N) is 1. The average molecular weight is 255 g/mol. The number of ether oxygens (including phenoxy) is 1. The van der Waals surface area contributed by atoms with Crippen LogP contribution in [-0.4, -0.2) is 30.8 Å². The minimum Gasteiger partial charge on any atom is -0.505 e. The zero-order chi connectivity index (χ0) is 13.5. The van der Waals surface area contributed by atoms with Crippen LogP contribution in [0, 0.1) is 5.82 Å². The Hall–Kier alpha value is -1.82. The van der Waals surface area contributed by atoms with Gasteiger partial charge >= 0.3 is 0 Å². The van der Waals surface area contributed by atoms with Gasteiger partial charge in [-0.1, -0.05) is 6.07 Å². The summed E-state index contributed by atoms with van der Waals surface area (Å²) < 4.78 is 18.0. The minimum absolute atomic E-state index is 0.0512. The van der Waals surface area contributed by atoms with Gasteiger partial charge < -0.3 is 20.9 Å². The lowest BCUT2D eigenvalue weighted by Crippen LogP contribution is -2.40. The predicted octanol–water partition coefficient (Wildman–Crippen LogP) is 0.971. The van der Waals surface area contributed by atoms with Gasteiger partial charge in [0.2, 0.25) is 0 Å². The number of phenolic OH excluding ortho intramolecular Hbond substituents is 1. The normalized spacial score (nSPS) is 13.4. The van der Waals surface area contributed by atoms with Gasteiger partial charge in [-0.15, -0.1) is 0 Å². The molecular weight excluding hydrogens is 237 g/mol. The monoisotopic (exact) mass is 255 g/mol. The highest BCUT2D eigenvalue weighted by Gasteiger charge is 2.03. The number of phenols is 1. The fourth-order valence-electron chi connectivity index (χ4n) is 1.41. The summed E-state index contributed by atoms with van der Waals surface area (Å²) in [7, 11) is 1.60. The van der Waals surface area contributed by atoms with Crippen LogP contribution in [-0.2, 0) is 11.3 Å². The van der Waals surface area contributed by atoms with Gasteiger partial charge in [-0.2, -0.15) is 0 Å². The van der Waals surface area contributed by atoms with E-state index in [9.17, 15) is 4.39 Å². The van der Waals surface area contributed by atoms with E-state index in [2.05, 4.69) is 10.3 Å². The maximum absolute atomic E-state index is 13.1. The van der Waals surface area contributed by atoms with Gasteiger partial charge in [-0.3, -0.25) is 0 Å². The second-order valence-electron chi connectivity index (χ2n) is 3.99. The molecule has 0 aliphatic carbocycles. The molecule has 1 aromatic carbocycles. The van der Waals surface area contributed by atoms with Crippen LogP contribution in [0.4, 0.5) is 4.39 Å². The van der Waals surface area contributed by atoms with Crippen LogP contribution in [0.25, 0.3) is 0 Å². The summed E-state index contributed by atoms with van der Waals surface area (Å²) in [5, 5.41) is 12.0. The third-order valence-corrected chi connectivity index (χ3v) is 2.26. The Morgan fingerprint density at radius 2 is 2.33 bits per heavy atom. The van der Waals surface area contributed by atoms with E-state index in [1.54, 1.807) is 13.2 Å². The number of aromatic hydroxyl groups is 1. The third-order valence-electron chi connectivity index (χ3n) is 2.26. The van der Waals surface area contributed by atoms with Crippen LogP contribution < -0.4 is 11.1 Å². The van der Waals surface area contributed by atoms with Crippen molar-refractivity contribution in [3.63, 3.8) is 0 Å². The van der Waals surface area contributed by atoms with Gasteiger partial charge in [-0.05, 0) is 24.6 Å². The fourth-order valence-corrected chi connectivity index (χ4v) is 1.41. The smallest absolute Gasteiger partial charge is 0.189 e. The van der Waals surface area contributed by atoms with Crippen LogP contribution in [0.15, 0.2) is 23.2 Å². The number of nitrogens with zero attached hydrogens (tertiary/aromatic N) is 1. The first-order valence-electron chi connectivity index (χ1n) is 5.55. The summed E-state index contributed by atoms with van der Waals surface area (Å²) in [5.74, 6) is -0.766. The van der Waals surface area contributed by atoms with Gasteiger partial charge in [0.15, 0.2) is 17.5 Å². The number of aliphatic imine (C=N–C) groups is 1. The van der Waals surface area contributed by atoms with Gasteiger partial charge in [0.1, 0.15) is 0 Å². The standard InChI is InChI=1S/C12H18FN3O2/c1-8(7-18-2)16-12(14)15-6-9-3-4-11(17)10(13)5-9/h3-5,8,17H,6-7H2,1-2H3,(H3,14,15,16). The summed E-state index contributed by atoms with van der Waals surface area (Å²) in [6, 6.07) is 4.16. The molecule has 6 heteroatoms. The Balaban J connectivity index is 2.54. The fraction of sp³-hybridized carbons (Fsp3) is 0.417. The lowest BCUT2D eigenvalue weighted by Gasteiger charge is -2.13. The molecular formula is C12H18FN3O2. The number of benzene rings is 1. The quantitative estimate of drug-likeness (QED) is 0.541. The molecule has 1 rings (SSSR count). The number of guanidine groups is 1. The van der Waals surface area contributed by atoms with E-state index >= 15 is 0 Å². The van der Waals surface area contributed by atoms with Crippen molar-refractivity contribution in [1.82, 2.24) is 5.32 Å². The highest BCUT2D eigenvalue weighted by atomic mass is 19.1. The van der Waals surface area contributed by atoms with Crippen LogP contribution in [0.3, 0.4) is 0 Å². The first-order chi connectivity index (χ1) is 8.52. The number of halogens is 1. The molecule has 0 amide bonds. The molecule has 0 heterocycles. The van der Waals surface area contributed by atoms with E-state index in [0.717, 1.165) is 0 Å². The molecule has 0 aliphatic rings. The third kappa shape index (κ3) is 4.58. The second-order valence-corrected chi connectivity index (χ2v) is 3.99. The highest BCUT2D eigenvalue weighted by Crippen LogP contribution is 2.16. The van der Waals surface area contributed by atoms with Crippen LogP contribution in [0.5, 0.6) is 5.75 Å². The average Bonchev–Trinajstić information content (AvgIpc) is 2.31. The van der Waals surface area contributed by atoms with E-state index in [1.807, 2.05) is 6.92 Å². The summed E-state index contributed by atoms with van der Waals surface area (Å²) in [6.45, 7) is 2.67. The van der Waals surface area contributed by atoms with E-state index in [-0.39, 0.29) is 24.3 Å². The SMILES string of the molecule is COCC(C)NC(N)=NCc1ccc(O)c(F)c1. The number of methoxy groups -OCH3 is 1. The van der Waals surface area contributed by atoms with Crippen molar-refractivity contribution in [2.24, 2.45) is 10.7 Å². The highest BCUT2D eigenvalue weighted by molar-refractivity contribution is 5.78. The van der Waals surface area contributed by atoms with Gasteiger partial charge in [0.25, 0.3) is 0 Å². The van der Waals surface area contributed by atoms with E-state index in [4.69, 9.17) is 15.6 Å². The minimum atomic E-state index is -0.665. The van der Waals surface area contributed by atoms with Crippen molar-refractivity contribution in [3.05, 3.63) is 29.6 Å². The largest absolute Gasteiger partial charge is 0.505 e. The molecule has 1 unspecified atom stereocenters. The topological polar surface area (TPSA) is 79.9 Å². The first-order valence-corrected chi connectivity index (χ1v) is 5.55. The van der Waals surface area contributed by atoms with E-state index in [0.29, 0.717) is 12.2 Å². The van der Waals surface area contributed by atoms with Crippen molar-refractivity contribution in [1.29, 1.82) is 0 Å². The Morgan fingerprint density at radius 3 is 2.94 bits per heavy atom. The van der Waals surface area contributed by atoms with Crippen molar-refractivity contribution in [2.45, 2.75) is 19.5 Å². The molecule has 100 valence electrons. The zero-order valence-corrected chi connectivity index (χ0v) is 10.5. The molecule has 1 atom stereocenters. The molecule has 0 fully saturated rings. The Morgan fingerprint density at radius 1 is 1.61 bits per heavy atom. The maximum atomic E-state index is 13.1. The van der Waals surface area contributed by atoms with E-state index in [1.165, 1.54) is 12.1 Å². The first kappa shape index (κ1) is 14.2. The summed E-state index contributed by atoms with van der Waals surface area (Å²) >= 11 is 0. The molecule has 0 spiro atoms. The predicted molar refractivity (Wildman–Crippen MR) is 67.9 cm³/mol. The molecule has 0 aliphatic heterocycles. The molecule has 0 radical (unpaired) electrons. The van der Waals surface area contributed by atoms with Crippen molar-refractivity contribution in [2.75, 3.05) is 13.7 Å². The lowest BCUT2D eigenvalue weighted by atomic mass is 10.2. The maximum Gasteiger partial charge on any atom is 0.189 e. The Bertz CT molecular complexity index is 424. The number of hydrogen-bond donors (Lipinski definition) is 3. The molecule has 0 aromatic heterocycles. The van der Waals surface area contributed by atoms with E-state index < -0.39 is 5.82 Å². The lowest BCUT2D eigenvalue weighted by molar-refractivity contribution is 0.179. The molecule has 1 aromatic rings. The number of hydrogen-bond acceptors (Lipinski definition) is 3. The summed E-state index contributed by atoms with van der Waals surface area (Å²) in [6.07, 6.45) is 0. The van der Waals surface area contributed by atoms with Crippen molar-refractivity contribution >= 4 is 5.96 Å². The van der Waals surface area contributed by atoms with Crippen LogP contribution in [0.2, 0.25) is 0 Å². The molecule has 4 N–H and O–H groups in total. The van der Waals surface area contributed by atoms with Gasteiger partial charge in [0.05, 0.1) is 13.2 Å². The number of rotatable bonds is 5. The number of nitrogens with one attached hydrogen (secondary N) is 1. The van der Waals surface area contributed by atoms with Crippen molar-refractivity contribution in [3.8, 4) is 5.75 Å². The zero-order valence-electron chi connectivity index (χ0n) is 10.5. The van der Waals surface area contributed by atoms with Crippen molar-refractivity contribution < 1.29 is 14.2 Å². The Kier molecular flexibility index (Phi) is 5.38. The molecule has 0 bridgehead atoms.